The van der Waals surface area contributed by atoms with Crippen LogP contribution in [0.1, 0.15) is 25.0 Å². The highest BCUT2D eigenvalue weighted by Gasteiger charge is 2.58. The summed E-state index contributed by atoms with van der Waals surface area (Å²) < 4.78 is 68.0. The molecule has 1 aliphatic rings. The molecular weight excluding hydrogens is 589 g/mol. The molecule has 0 unspecified atom stereocenters. The van der Waals surface area contributed by atoms with Gasteiger partial charge >= 0.3 is 11.7 Å². The summed E-state index contributed by atoms with van der Waals surface area (Å²) in [5, 5.41) is 3.02. The molecule has 208 valence electrons. The average molecular weight is 607 g/mol. The van der Waals surface area contributed by atoms with Gasteiger partial charge in [0.15, 0.2) is 17.0 Å². The van der Waals surface area contributed by atoms with Crippen LogP contribution in [-0.4, -0.2) is 48.9 Å². The number of nitrogens with one attached hydrogen (secondary N) is 1. The Kier molecular flexibility index (Phi) is 7.86. The zero-order chi connectivity index (χ0) is 28.6. The predicted molar refractivity (Wildman–Crippen MR) is 135 cm³/mol. The van der Waals surface area contributed by atoms with Crippen LogP contribution in [0.25, 0.3) is 5.69 Å². The summed E-state index contributed by atoms with van der Waals surface area (Å²) in [5.41, 5.74) is -5.24. The zero-order valence-electron chi connectivity index (χ0n) is 19.9. The molecule has 17 heteroatoms. The molecule has 1 fully saturated rings. The first-order valence-electron chi connectivity index (χ1n) is 10.8. The number of hydrogen-bond donors (Lipinski definition) is 2. The Morgan fingerprint density at radius 3 is 2.31 bits per heavy atom. The van der Waals surface area contributed by atoms with Crippen molar-refractivity contribution in [2.45, 2.75) is 24.8 Å². The lowest BCUT2D eigenvalue weighted by Crippen LogP contribution is -2.43. The van der Waals surface area contributed by atoms with Gasteiger partial charge in [-0.3, -0.25) is 14.1 Å². The van der Waals surface area contributed by atoms with Crippen LogP contribution in [0, 0.1) is 0 Å². The minimum absolute atomic E-state index is 0.0126. The van der Waals surface area contributed by atoms with Crippen molar-refractivity contribution in [3.8, 4) is 22.9 Å². The Morgan fingerprint density at radius 1 is 1.15 bits per heavy atom. The van der Waals surface area contributed by atoms with Gasteiger partial charge in [-0.15, -0.1) is 0 Å². The molecule has 12 nitrogen and oxygen atoms in total. The van der Waals surface area contributed by atoms with Crippen LogP contribution in [-0.2, 0) is 20.4 Å². The van der Waals surface area contributed by atoms with Gasteiger partial charge in [0, 0.05) is 6.07 Å². The van der Waals surface area contributed by atoms with Crippen LogP contribution in [0.5, 0.6) is 17.2 Å². The molecule has 0 aliphatic heterocycles. The first kappa shape index (κ1) is 28.3. The highest BCUT2D eigenvalue weighted by atomic mass is 35.5. The number of rotatable bonds is 9. The molecule has 1 saturated carbocycles. The van der Waals surface area contributed by atoms with E-state index in [1.807, 2.05) is 0 Å². The van der Waals surface area contributed by atoms with Gasteiger partial charge in [0.25, 0.3) is 12.0 Å². The fourth-order valence-corrected chi connectivity index (χ4v) is 5.28. The summed E-state index contributed by atoms with van der Waals surface area (Å²) in [6.45, 7) is 0. The number of halogens is 4. The van der Waals surface area contributed by atoms with E-state index in [-0.39, 0.29) is 51.5 Å². The fraction of sp³-hybridized carbons (Fsp3) is 0.273. The lowest BCUT2D eigenvalue weighted by atomic mass is 10.2. The largest absolute Gasteiger partial charge is 0.495 e. The van der Waals surface area contributed by atoms with Crippen molar-refractivity contribution in [1.82, 2.24) is 14.8 Å². The summed E-state index contributed by atoms with van der Waals surface area (Å²) in [5.74, 6) is -0.735. The summed E-state index contributed by atoms with van der Waals surface area (Å²) in [7, 11) is -0.868. The van der Waals surface area contributed by atoms with Crippen LogP contribution < -0.4 is 25.0 Å². The molecule has 0 bridgehead atoms. The second-order valence-corrected chi connectivity index (χ2v) is 9.79. The number of nitrogens with zero attached hydrogens (tertiary/aromatic N) is 3. The van der Waals surface area contributed by atoms with Gasteiger partial charge in [-0.05, 0) is 37.1 Å². The van der Waals surface area contributed by atoms with Crippen molar-refractivity contribution in [3.63, 3.8) is 0 Å². The third-order valence-corrected chi connectivity index (χ3v) is 7.23. The van der Waals surface area contributed by atoms with E-state index in [9.17, 15) is 31.6 Å². The smallest absolute Gasteiger partial charge is 0.349 e. The number of alkyl halides is 2. The standard InChI is InChI=1S/C22H18Cl2F2N4O8S/c1-36-15-4-3-11(9-14(15)30(39(34)35)22(5-6-22)20(32)37-2)38-17-12(23)7-10(8-13(17)24)29-21(33)27-19(31)16(28-29)18(25)26/h3-4,7-9,18,39H,5-6H2,1-2H3,(H,27,31,33). The number of esters is 1. The van der Waals surface area contributed by atoms with Crippen LogP contribution in [0.3, 0.4) is 0 Å². The number of aromatic amines is 1. The topological polar surface area (TPSA) is 150 Å². The van der Waals surface area contributed by atoms with E-state index >= 15 is 0 Å². The quantitative estimate of drug-likeness (QED) is 0.277. The predicted octanol–water partition coefficient (Wildman–Crippen LogP) is 3.00. The van der Waals surface area contributed by atoms with Gasteiger partial charge < -0.3 is 14.2 Å². The lowest BCUT2D eigenvalue weighted by Gasteiger charge is -2.27. The van der Waals surface area contributed by atoms with E-state index in [2.05, 4.69) is 5.10 Å². The number of H-pyrrole nitrogens is 1. The maximum atomic E-state index is 13.1. The molecular formula is C22H18Cl2F2N4O8S. The van der Waals surface area contributed by atoms with Gasteiger partial charge in [0.05, 0.1) is 35.6 Å². The first-order chi connectivity index (χ1) is 18.4. The Balaban J connectivity index is 1.75. The number of carbonyl (C=O) groups is 1. The van der Waals surface area contributed by atoms with Crippen LogP contribution in [0.4, 0.5) is 14.5 Å². The Bertz CT molecular complexity index is 1620. The Morgan fingerprint density at radius 2 is 1.79 bits per heavy atom. The van der Waals surface area contributed by atoms with E-state index in [4.69, 9.17) is 37.4 Å². The molecule has 1 N–H and O–H groups in total. The third kappa shape index (κ3) is 5.29. The van der Waals surface area contributed by atoms with E-state index < -0.39 is 45.8 Å². The molecule has 4 rings (SSSR count). The third-order valence-electron chi connectivity index (χ3n) is 5.74. The van der Waals surface area contributed by atoms with Gasteiger partial charge in [0.1, 0.15) is 11.5 Å². The SMILES string of the molecule is COC(=O)C1(N(c2cc(Oc3c(Cl)cc(-n4nc(C(F)F)c(=O)[nH]c4=O)cc3Cl)ccc2OC)[SH](=O)=O)CC1. The van der Waals surface area contributed by atoms with Crippen molar-refractivity contribution >= 4 is 45.7 Å². The number of anilines is 1. The summed E-state index contributed by atoms with van der Waals surface area (Å²) >= 11 is 12.6. The van der Waals surface area contributed by atoms with Gasteiger partial charge in [-0.1, -0.05) is 23.2 Å². The number of methoxy groups -OCH3 is 2. The monoisotopic (exact) mass is 606 g/mol. The second kappa shape index (κ2) is 10.8. The summed E-state index contributed by atoms with van der Waals surface area (Å²) in [4.78, 5) is 37.9. The van der Waals surface area contributed by atoms with Crippen molar-refractivity contribution in [2.75, 3.05) is 18.5 Å². The summed E-state index contributed by atoms with van der Waals surface area (Å²) in [6, 6.07) is 6.37. The molecule has 39 heavy (non-hydrogen) atoms. The number of carbonyl (C=O) groups excluding carboxylic acids is 1. The maximum absolute atomic E-state index is 13.1. The Hall–Kier alpha value is -3.69. The number of thiol groups is 1. The van der Waals surface area contributed by atoms with Crippen molar-refractivity contribution in [1.29, 1.82) is 0 Å². The maximum Gasteiger partial charge on any atom is 0.349 e. The van der Waals surface area contributed by atoms with Gasteiger partial charge in [-0.25, -0.2) is 26.8 Å². The summed E-state index contributed by atoms with van der Waals surface area (Å²) in [6.07, 6.45) is -2.81. The molecule has 1 aliphatic carbocycles. The van der Waals surface area contributed by atoms with Gasteiger partial charge in [-0.2, -0.15) is 9.78 Å². The number of aromatic nitrogens is 3. The van der Waals surface area contributed by atoms with Crippen molar-refractivity contribution < 1.29 is 36.2 Å². The molecule has 1 aromatic heterocycles. The van der Waals surface area contributed by atoms with E-state index in [0.717, 1.165) is 23.5 Å². The highest BCUT2D eigenvalue weighted by Crippen LogP contribution is 2.49. The van der Waals surface area contributed by atoms with Crippen LogP contribution in [0.2, 0.25) is 10.0 Å². The van der Waals surface area contributed by atoms with E-state index in [0.29, 0.717) is 4.68 Å². The van der Waals surface area contributed by atoms with Crippen molar-refractivity contribution in [2.24, 2.45) is 0 Å². The molecule has 3 aromatic rings. The zero-order valence-corrected chi connectivity index (χ0v) is 22.4. The second-order valence-electron chi connectivity index (χ2n) is 8.10. The fourth-order valence-electron chi connectivity index (χ4n) is 3.80. The van der Waals surface area contributed by atoms with Crippen LogP contribution in [0.15, 0.2) is 39.9 Å². The Labute approximate surface area is 229 Å². The number of ether oxygens (including phenoxy) is 3. The lowest BCUT2D eigenvalue weighted by molar-refractivity contribution is -0.143. The number of benzene rings is 2. The molecule has 2 aromatic carbocycles. The molecule has 0 atom stereocenters. The minimum atomic E-state index is -3.33. The van der Waals surface area contributed by atoms with E-state index in [1.54, 1.807) is 4.98 Å². The highest BCUT2D eigenvalue weighted by molar-refractivity contribution is 7.74. The molecule has 0 radical (unpaired) electrons. The van der Waals surface area contributed by atoms with Crippen molar-refractivity contribution in [3.05, 3.63) is 66.9 Å². The molecule has 0 saturated heterocycles. The molecule has 0 amide bonds. The van der Waals surface area contributed by atoms with Gasteiger partial charge in [0.2, 0.25) is 10.9 Å². The van der Waals surface area contributed by atoms with Crippen LogP contribution >= 0.6 is 23.2 Å². The normalized spacial score (nSPS) is 13.8. The molecule has 1 heterocycles. The average Bonchev–Trinajstić information content (AvgIpc) is 3.67. The number of hydrogen-bond acceptors (Lipinski definition) is 9. The van der Waals surface area contributed by atoms with E-state index in [1.165, 1.54) is 25.3 Å². The minimum Gasteiger partial charge on any atom is -0.495 e. The first-order valence-corrected chi connectivity index (χ1v) is 12.7. The molecule has 0 spiro atoms.